The fourth-order valence-corrected chi connectivity index (χ4v) is 2.97. The van der Waals surface area contributed by atoms with Gasteiger partial charge in [0.05, 0.1) is 12.2 Å². The highest BCUT2D eigenvalue weighted by molar-refractivity contribution is 6.34. The van der Waals surface area contributed by atoms with Gasteiger partial charge in [-0.3, -0.25) is 14.5 Å². The molecule has 0 aromatic rings. The molecule has 7 nitrogen and oxygen atoms in total. The molecule has 0 radical (unpaired) electrons. The Balaban J connectivity index is 1.87. The van der Waals surface area contributed by atoms with Crippen molar-refractivity contribution >= 4 is 11.8 Å². The van der Waals surface area contributed by atoms with Gasteiger partial charge in [-0.2, -0.15) is 0 Å². The molecule has 0 spiro atoms. The molecule has 2 aliphatic rings. The number of hydrogen-bond donors (Lipinski definition) is 1. The largest absolute Gasteiger partial charge is 0.372 e. The van der Waals surface area contributed by atoms with Crippen molar-refractivity contribution in [3.63, 3.8) is 0 Å². The van der Waals surface area contributed by atoms with Gasteiger partial charge in [-0.1, -0.05) is 0 Å². The van der Waals surface area contributed by atoms with Gasteiger partial charge < -0.3 is 20.3 Å². The fraction of sp³-hybridized carbons (Fsp3) is 0.857. The van der Waals surface area contributed by atoms with Crippen LogP contribution in [0.3, 0.4) is 0 Å². The number of morpholine rings is 1. The number of piperazine rings is 1. The van der Waals surface area contributed by atoms with Crippen LogP contribution in [-0.2, 0) is 14.3 Å². The maximum atomic E-state index is 12.3. The minimum Gasteiger partial charge on any atom is -0.372 e. The average molecular weight is 298 g/mol. The Bertz CT molecular complexity index is 372. The van der Waals surface area contributed by atoms with E-state index in [0.29, 0.717) is 32.7 Å². The smallest absolute Gasteiger partial charge is 0.312 e. The highest BCUT2D eigenvalue weighted by Crippen LogP contribution is 2.12. The Labute approximate surface area is 126 Å². The molecule has 0 aliphatic carbocycles. The zero-order chi connectivity index (χ0) is 15.4. The first-order valence-corrected chi connectivity index (χ1v) is 7.67. The summed E-state index contributed by atoms with van der Waals surface area (Å²) in [6, 6.07) is 0. The summed E-state index contributed by atoms with van der Waals surface area (Å²) in [5.41, 5.74) is 5.53. The number of hydrogen-bond acceptors (Lipinski definition) is 5. The maximum Gasteiger partial charge on any atom is 0.312 e. The summed E-state index contributed by atoms with van der Waals surface area (Å²) in [5, 5.41) is 0. The molecule has 2 rings (SSSR count). The Morgan fingerprint density at radius 2 is 1.52 bits per heavy atom. The van der Waals surface area contributed by atoms with Gasteiger partial charge in [-0.15, -0.1) is 0 Å². The van der Waals surface area contributed by atoms with Gasteiger partial charge in [0.2, 0.25) is 0 Å². The lowest BCUT2D eigenvalue weighted by Crippen LogP contribution is -2.56. The van der Waals surface area contributed by atoms with Crippen LogP contribution in [0.15, 0.2) is 0 Å². The summed E-state index contributed by atoms with van der Waals surface area (Å²) < 4.78 is 5.60. The van der Waals surface area contributed by atoms with Crippen molar-refractivity contribution in [1.82, 2.24) is 14.7 Å². The van der Waals surface area contributed by atoms with Crippen LogP contribution in [-0.4, -0.2) is 91.1 Å². The Hall–Kier alpha value is -1.18. The molecule has 7 heteroatoms. The predicted molar refractivity (Wildman–Crippen MR) is 78.7 cm³/mol. The quantitative estimate of drug-likeness (QED) is 0.643. The summed E-state index contributed by atoms with van der Waals surface area (Å²) in [6.07, 6.45) is -0.0428. The van der Waals surface area contributed by atoms with E-state index >= 15 is 0 Å². The van der Waals surface area contributed by atoms with Crippen molar-refractivity contribution in [1.29, 1.82) is 0 Å². The number of nitrogens with two attached hydrogens (primary N) is 1. The lowest BCUT2D eigenvalue weighted by Gasteiger charge is -2.38. The van der Waals surface area contributed by atoms with Gasteiger partial charge in [0.25, 0.3) is 0 Å². The van der Waals surface area contributed by atoms with Crippen molar-refractivity contribution in [2.45, 2.75) is 26.1 Å². The summed E-state index contributed by atoms with van der Waals surface area (Å²) >= 11 is 0. The van der Waals surface area contributed by atoms with E-state index in [0.717, 1.165) is 19.6 Å². The second-order valence-electron chi connectivity index (χ2n) is 5.89. The summed E-state index contributed by atoms with van der Waals surface area (Å²) in [6.45, 7) is 9.05. The van der Waals surface area contributed by atoms with E-state index < -0.39 is 5.91 Å². The lowest BCUT2D eigenvalue weighted by molar-refractivity contribution is -0.159. The highest BCUT2D eigenvalue weighted by Gasteiger charge is 2.33. The van der Waals surface area contributed by atoms with Crippen LogP contribution >= 0.6 is 0 Å². The number of rotatable bonds is 2. The number of nitrogens with zero attached hydrogens (tertiary/aromatic N) is 3. The zero-order valence-corrected chi connectivity index (χ0v) is 13.0. The average Bonchev–Trinajstić information content (AvgIpc) is 2.46. The van der Waals surface area contributed by atoms with Gasteiger partial charge in [0.15, 0.2) is 0 Å². The molecular weight excluding hydrogens is 272 g/mol. The van der Waals surface area contributed by atoms with Crippen LogP contribution < -0.4 is 5.73 Å². The van der Waals surface area contributed by atoms with Crippen LogP contribution in [0, 0.1) is 0 Å². The molecule has 2 fully saturated rings. The van der Waals surface area contributed by atoms with E-state index in [1.807, 2.05) is 13.8 Å². The third-order valence-corrected chi connectivity index (χ3v) is 3.99. The van der Waals surface area contributed by atoms with Gasteiger partial charge in [-0.05, 0) is 13.8 Å². The summed E-state index contributed by atoms with van der Waals surface area (Å²) in [7, 11) is 0. The molecule has 2 saturated heterocycles. The van der Waals surface area contributed by atoms with Crippen LogP contribution in [0.4, 0.5) is 0 Å². The van der Waals surface area contributed by atoms with E-state index in [2.05, 4.69) is 4.90 Å². The minimum absolute atomic E-state index is 0.0214. The van der Waals surface area contributed by atoms with E-state index in [1.54, 1.807) is 9.80 Å². The molecule has 0 saturated carbocycles. The van der Waals surface area contributed by atoms with E-state index in [1.165, 1.54) is 0 Å². The molecule has 0 aromatic carbocycles. The fourth-order valence-electron chi connectivity index (χ4n) is 2.97. The van der Waals surface area contributed by atoms with Crippen LogP contribution in [0.5, 0.6) is 0 Å². The SMILES string of the molecule is CC1CN(C(=O)C(=O)N2CCN(CCN)CC2)CC(C)O1. The lowest BCUT2D eigenvalue weighted by atomic mass is 10.2. The molecule has 2 atom stereocenters. The van der Waals surface area contributed by atoms with Crippen LogP contribution in [0.25, 0.3) is 0 Å². The van der Waals surface area contributed by atoms with Crippen molar-refractivity contribution in [2.75, 3.05) is 52.4 Å². The van der Waals surface area contributed by atoms with Gasteiger partial charge in [-0.25, -0.2) is 0 Å². The Morgan fingerprint density at radius 1 is 1.00 bits per heavy atom. The van der Waals surface area contributed by atoms with Crippen LogP contribution in [0.1, 0.15) is 13.8 Å². The van der Waals surface area contributed by atoms with Gasteiger partial charge in [0.1, 0.15) is 0 Å². The molecule has 120 valence electrons. The second-order valence-corrected chi connectivity index (χ2v) is 5.89. The molecule has 2 heterocycles. The second kappa shape index (κ2) is 7.20. The number of amides is 2. The van der Waals surface area contributed by atoms with Crippen molar-refractivity contribution in [3.8, 4) is 0 Å². The van der Waals surface area contributed by atoms with E-state index in [4.69, 9.17) is 10.5 Å². The molecule has 2 N–H and O–H groups in total. The molecule has 0 aromatic heterocycles. The molecule has 2 aliphatic heterocycles. The number of ether oxygens (including phenoxy) is 1. The standard InChI is InChI=1S/C14H26N4O3/c1-11-9-18(10-12(2)21-11)14(20)13(19)17-7-5-16(4-3-15)6-8-17/h11-12H,3-10,15H2,1-2H3. The monoisotopic (exact) mass is 298 g/mol. The number of carbonyl (C=O) groups is 2. The molecule has 2 unspecified atom stereocenters. The highest BCUT2D eigenvalue weighted by atomic mass is 16.5. The van der Waals surface area contributed by atoms with E-state index in [9.17, 15) is 9.59 Å². The first-order valence-electron chi connectivity index (χ1n) is 7.67. The third kappa shape index (κ3) is 4.15. The van der Waals surface area contributed by atoms with Gasteiger partial charge >= 0.3 is 11.8 Å². The zero-order valence-electron chi connectivity index (χ0n) is 13.0. The summed E-state index contributed by atoms with van der Waals surface area (Å²) in [4.78, 5) is 30.2. The van der Waals surface area contributed by atoms with E-state index in [-0.39, 0.29) is 18.1 Å². The predicted octanol–water partition coefficient (Wildman–Crippen LogP) is -1.27. The Morgan fingerprint density at radius 3 is 2.05 bits per heavy atom. The first kappa shape index (κ1) is 16.2. The van der Waals surface area contributed by atoms with Crippen LogP contribution in [0.2, 0.25) is 0 Å². The minimum atomic E-state index is -0.399. The topological polar surface area (TPSA) is 79.1 Å². The van der Waals surface area contributed by atoms with Crippen molar-refractivity contribution in [3.05, 3.63) is 0 Å². The maximum absolute atomic E-state index is 12.3. The normalized spacial score (nSPS) is 27.8. The van der Waals surface area contributed by atoms with Crippen molar-refractivity contribution < 1.29 is 14.3 Å². The molecule has 0 bridgehead atoms. The molecule has 2 amide bonds. The summed E-state index contributed by atoms with van der Waals surface area (Å²) in [5.74, 6) is -0.784. The first-order chi connectivity index (χ1) is 10.0. The van der Waals surface area contributed by atoms with Gasteiger partial charge in [0, 0.05) is 52.4 Å². The van der Waals surface area contributed by atoms with Crippen molar-refractivity contribution in [2.24, 2.45) is 5.73 Å². The Kier molecular flexibility index (Phi) is 5.55. The molecule has 21 heavy (non-hydrogen) atoms. The number of carbonyl (C=O) groups excluding carboxylic acids is 2. The molecular formula is C14H26N4O3. The third-order valence-electron chi connectivity index (χ3n) is 3.99.